The van der Waals surface area contributed by atoms with Gasteiger partial charge in [-0.1, -0.05) is 185 Å². The Hall–Kier alpha value is -2.18. The molecule has 3 unspecified atom stereocenters. The van der Waals surface area contributed by atoms with Gasteiger partial charge in [-0.25, -0.2) is 0 Å². The maximum Gasteiger partial charge on any atom is 0.306 e. The Balaban J connectivity index is 4.54. The van der Waals surface area contributed by atoms with Gasteiger partial charge in [-0.3, -0.25) is 9.59 Å². The lowest BCUT2D eigenvalue weighted by Gasteiger charge is -2.24. The summed E-state index contributed by atoms with van der Waals surface area (Å²) in [6.07, 6.45) is 47.5. The van der Waals surface area contributed by atoms with Gasteiger partial charge < -0.3 is 20.3 Å². The van der Waals surface area contributed by atoms with Crippen LogP contribution < -0.4 is 5.32 Å². The highest BCUT2D eigenvalue weighted by atomic mass is 16.5. The molecule has 0 fully saturated rings. The minimum Gasteiger partial charge on any atom is -0.462 e. The molecule has 0 aromatic carbocycles. The van der Waals surface area contributed by atoms with Gasteiger partial charge in [0.1, 0.15) is 6.10 Å². The topological polar surface area (TPSA) is 95.9 Å². The van der Waals surface area contributed by atoms with Crippen LogP contribution in [0, 0.1) is 0 Å². The summed E-state index contributed by atoms with van der Waals surface area (Å²) in [4.78, 5) is 25.8. The Morgan fingerprint density at radius 1 is 0.547 bits per heavy atom. The highest BCUT2D eigenvalue weighted by molar-refractivity contribution is 5.77. The van der Waals surface area contributed by atoms with Crippen molar-refractivity contribution in [1.82, 2.24) is 5.32 Å². The number of allylic oxidation sites excluding steroid dienone is 8. The SMILES string of the molecule is CCCCC/C=C\C/C=C\C/C=C\C/C=C\CCCC(=O)OC(CCCCCCCCC)CC(=O)NC(CO)C(O)CCCCCCCCCCCC. The van der Waals surface area contributed by atoms with Crippen LogP contribution >= 0.6 is 0 Å². The molecule has 308 valence electrons. The van der Waals surface area contributed by atoms with Gasteiger partial charge in [0.2, 0.25) is 5.91 Å². The molecule has 0 rings (SSSR count). The lowest BCUT2D eigenvalue weighted by atomic mass is 10.0. The van der Waals surface area contributed by atoms with Gasteiger partial charge in [0.25, 0.3) is 0 Å². The van der Waals surface area contributed by atoms with Gasteiger partial charge in [0.05, 0.1) is 25.2 Å². The summed E-state index contributed by atoms with van der Waals surface area (Å²) in [7, 11) is 0. The molecule has 3 N–H and O–H groups in total. The molecule has 6 nitrogen and oxygen atoms in total. The second-order valence-electron chi connectivity index (χ2n) is 15.1. The molecular formula is C47H85NO5. The van der Waals surface area contributed by atoms with E-state index in [1.54, 1.807) is 0 Å². The first-order chi connectivity index (χ1) is 26.0. The van der Waals surface area contributed by atoms with Crippen LogP contribution in [0.1, 0.15) is 213 Å². The van der Waals surface area contributed by atoms with Gasteiger partial charge in [-0.15, -0.1) is 0 Å². The molecule has 53 heavy (non-hydrogen) atoms. The van der Waals surface area contributed by atoms with E-state index in [4.69, 9.17) is 4.74 Å². The summed E-state index contributed by atoms with van der Waals surface area (Å²) < 4.78 is 5.84. The van der Waals surface area contributed by atoms with Crippen molar-refractivity contribution in [2.24, 2.45) is 0 Å². The first kappa shape index (κ1) is 50.8. The number of ether oxygens (including phenoxy) is 1. The molecule has 6 heteroatoms. The number of carbonyl (C=O) groups is 2. The van der Waals surface area contributed by atoms with Gasteiger partial charge in [-0.2, -0.15) is 0 Å². The molecular weight excluding hydrogens is 659 g/mol. The number of hydrogen-bond acceptors (Lipinski definition) is 5. The predicted molar refractivity (Wildman–Crippen MR) is 227 cm³/mol. The normalized spacial score (nSPS) is 13.8. The monoisotopic (exact) mass is 744 g/mol. The van der Waals surface area contributed by atoms with Gasteiger partial charge in [-0.05, 0) is 64.2 Å². The van der Waals surface area contributed by atoms with E-state index in [0.29, 0.717) is 25.7 Å². The van der Waals surface area contributed by atoms with Gasteiger partial charge >= 0.3 is 5.97 Å². The molecule has 0 heterocycles. The summed E-state index contributed by atoms with van der Waals surface area (Å²) in [5, 5.41) is 23.5. The minimum absolute atomic E-state index is 0.0558. The zero-order valence-electron chi connectivity index (χ0n) is 34.9. The van der Waals surface area contributed by atoms with Crippen LogP contribution in [0.3, 0.4) is 0 Å². The molecule has 0 aliphatic rings. The summed E-state index contributed by atoms with van der Waals surface area (Å²) in [5.41, 5.74) is 0. The van der Waals surface area contributed by atoms with Crippen LogP contribution in [0.25, 0.3) is 0 Å². The van der Waals surface area contributed by atoms with E-state index in [9.17, 15) is 19.8 Å². The number of hydrogen-bond donors (Lipinski definition) is 3. The smallest absolute Gasteiger partial charge is 0.306 e. The third-order valence-corrected chi connectivity index (χ3v) is 9.91. The third-order valence-electron chi connectivity index (χ3n) is 9.91. The number of amides is 1. The van der Waals surface area contributed by atoms with Crippen LogP contribution in [-0.4, -0.2) is 46.9 Å². The maximum atomic E-state index is 13.0. The lowest BCUT2D eigenvalue weighted by Crippen LogP contribution is -2.46. The number of carbonyl (C=O) groups excluding carboxylic acids is 2. The van der Waals surface area contributed by atoms with Crippen molar-refractivity contribution in [1.29, 1.82) is 0 Å². The maximum absolute atomic E-state index is 13.0. The zero-order chi connectivity index (χ0) is 38.9. The Kier molecular flexibility index (Phi) is 39.3. The van der Waals surface area contributed by atoms with E-state index >= 15 is 0 Å². The zero-order valence-corrected chi connectivity index (χ0v) is 34.9. The average molecular weight is 744 g/mol. The first-order valence-corrected chi connectivity index (χ1v) is 22.4. The van der Waals surface area contributed by atoms with E-state index in [2.05, 4.69) is 74.7 Å². The van der Waals surface area contributed by atoms with Crippen molar-refractivity contribution in [2.45, 2.75) is 232 Å². The second-order valence-corrected chi connectivity index (χ2v) is 15.1. The number of aliphatic hydroxyl groups is 2. The Morgan fingerprint density at radius 3 is 1.45 bits per heavy atom. The van der Waals surface area contributed by atoms with Crippen LogP contribution in [0.5, 0.6) is 0 Å². The molecule has 0 aromatic rings. The van der Waals surface area contributed by atoms with E-state index in [1.807, 2.05) is 0 Å². The van der Waals surface area contributed by atoms with E-state index in [1.165, 1.54) is 96.3 Å². The highest BCUT2D eigenvalue weighted by Crippen LogP contribution is 2.17. The summed E-state index contributed by atoms with van der Waals surface area (Å²) in [6.45, 7) is 6.38. The second kappa shape index (κ2) is 41.0. The summed E-state index contributed by atoms with van der Waals surface area (Å²) in [6, 6.07) is -0.707. The highest BCUT2D eigenvalue weighted by Gasteiger charge is 2.24. The molecule has 0 spiro atoms. The number of rotatable bonds is 39. The fourth-order valence-corrected chi connectivity index (χ4v) is 6.48. The fraction of sp³-hybridized carbons (Fsp3) is 0.787. The van der Waals surface area contributed by atoms with Crippen molar-refractivity contribution < 1.29 is 24.5 Å². The van der Waals surface area contributed by atoms with Crippen molar-refractivity contribution in [3.05, 3.63) is 48.6 Å². The Morgan fingerprint density at radius 2 is 0.962 bits per heavy atom. The molecule has 0 saturated heterocycles. The molecule has 0 radical (unpaired) electrons. The van der Waals surface area contributed by atoms with Crippen LogP contribution in [0.15, 0.2) is 48.6 Å². The average Bonchev–Trinajstić information content (AvgIpc) is 3.15. The van der Waals surface area contributed by atoms with Crippen molar-refractivity contribution in [3.63, 3.8) is 0 Å². The van der Waals surface area contributed by atoms with Crippen molar-refractivity contribution in [3.8, 4) is 0 Å². The fourth-order valence-electron chi connectivity index (χ4n) is 6.48. The van der Waals surface area contributed by atoms with E-state index < -0.39 is 18.2 Å². The minimum atomic E-state index is -0.792. The lowest BCUT2D eigenvalue weighted by molar-refractivity contribution is -0.151. The quantitative estimate of drug-likeness (QED) is 0.0331. The molecule has 1 amide bonds. The largest absolute Gasteiger partial charge is 0.462 e. The number of esters is 1. The molecule has 0 aromatic heterocycles. The molecule has 0 aliphatic heterocycles. The summed E-state index contributed by atoms with van der Waals surface area (Å²) in [5.74, 6) is -0.547. The van der Waals surface area contributed by atoms with Crippen molar-refractivity contribution >= 4 is 11.9 Å². The molecule has 0 bridgehead atoms. The van der Waals surface area contributed by atoms with E-state index in [-0.39, 0.29) is 24.9 Å². The molecule has 0 aliphatic carbocycles. The van der Waals surface area contributed by atoms with Crippen LogP contribution in [0.2, 0.25) is 0 Å². The van der Waals surface area contributed by atoms with E-state index in [0.717, 1.165) is 64.2 Å². The summed E-state index contributed by atoms with van der Waals surface area (Å²) >= 11 is 0. The number of aliphatic hydroxyl groups excluding tert-OH is 2. The van der Waals surface area contributed by atoms with Gasteiger partial charge in [0, 0.05) is 6.42 Å². The Labute approximate surface area is 327 Å². The van der Waals surface area contributed by atoms with Crippen LogP contribution in [0.4, 0.5) is 0 Å². The van der Waals surface area contributed by atoms with Crippen molar-refractivity contribution in [2.75, 3.05) is 6.61 Å². The van der Waals surface area contributed by atoms with Gasteiger partial charge in [0.15, 0.2) is 0 Å². The predicted octanol–water partition coefficient (Wildman–Crippen LogP) is 12.7. The standard InChI is InChI=1S/C47H85NO5/c1-4-7-10-13-16-18-20-21-22-23-24-25-26-28-31-34-37-40-47(52)53-43(38-35-32-29-15-12-9-6-3)41-46(51)48-44(42-49)45(50)39-36-33-30-27-19-17-14-11-8-5-2/h16,18,21-22,24-25,28,31,43-45,49-50H,4-15,17,19-20,23,26-27,29-30,32-42H2,1-3H3,(H,48,51)/b18-16-,22-21-,25-24-,31-28-. The Bertz CT molecular complexity index is 926. The van der Waals surface area contributed by atoms with Crippen LogP contribution in [-0.2, 0) is 14.3 Å². The number of unbranched alkanes of at least 4 members (excludes halogenated alkanes) is 19. The third kappa shape index (κ3) is 36.6. The number of nitrogens with one attached hydrogen (secondary N) is 1. The molecule has 0 saturated carbocycles. The first-order valence-electron chi connectivity index (χ1n) is 22.4. The molecule has 3 atom stereocenters.